The van der Waals surface area contributed by atoms with Crippen molar-refractivity contribution in [1.82, 2.24) is 0 Å². The Morgan fingerprint density at radius 2 is 2.25 bits per heavy atom. The molecule has 0 radical (unpaired) electrons. The Kier molecular flexibility index (Phi) is 7.24. The van der Waals surface area contributed by atoms with Crippen LogP contribution in [0.15, 0.2) is 17.3 Å². The predicted octanol–water partition coefficient (Wildman–Crippen LogP) is 2.35. The van der Waals surface area contributed by atoms with Crippen molar-refractivity contribution in [2.24, 2.45) is 22.9 Å². The van der Waals surface area contributed by atoms with E-state index in [2.05, 4.69) is 12.1 Å². The highest BCUT2D eigenvalue weighted by atomic mass is 16.6. The Balaban J connectivity index is 1.76. The fourth-order valence-electron chi connectivity index (χ4n) is 3.60. The normalized spacial score (nSPS) is 31.9. The molecule has 0 aliphatic heterocycles. The fraction of sp³-hybridized carbons (Fsp3) is 0.778. The third-order valence-electron chi connectivity index (χ3n) is 5.04. The minimum Gasteiger partial charge on any atom is -0.481 e. The van der Waals surface area contributed by atoms with Crippen LogP contribution in [0.2, 0.25) is 0 Å². The number of rotatable bonds is 10. The molecule has 2 fully saturated rings. The van der Waals surface area contributed by atoms with Gasteiger partial charge >= 0.3 is 5.97 Å². The summed E-state index contributed by atoms with van der Waals surface area (Å²) < 4.78 is 0. The van der Waals surface area contributed by atoms with Crippen molar-refractivity contribution in [2.75, 3.05) is 6.61 Å². The minimum absolute atomic E-state index is 0.0808. The van der Waals surface area contributed by atoms with Crippen molar-refractivity contribution in [3.05, 3.63) is 12.2 Å². The van der Waals surface area contributed by atoms with Gasteiger partial charge in [-0.1, -0.05) is 37.1 Å². The van der Waals surface area contributed by atoms with Gasteiger partial charge in [0, 0.05) is 18.3 Å². The molecule has 136 valence electrons. The molecule has 2 saturated carbocycles. The SMILES string of the molecule is CCCCC(O)C=CC1C(O)C[C@@H]2C(=NOCCCC(=O)O)C[C@@H]12. The Morgan fingerprint density at radius 3 is 2.96 bits per heavy atom. The molecule has 0 aromatic heterocycles. The number of hydrogen-bond acceptors (Lipinski definition) is 5. The molecule has 0 aromatic carbocycles. The maximum absolute atomic E-state index is 10.4. The smallest absolute Gasteiger partial charge is 0.303 e. The Morgan fingerprint density at radius 1 is 1.46 bits per heavy atom. The summed E-state index contributed by atoms with van der Waals surface area (Å²) in [5.74, 6) is -0.125. The van der Waals surface area contributed by atoms with Crippen molar-refractivity contribution in [1.29, 1.82) is 0 Å². The van der Waals surface area contributed by atoms with Gasteiger partial charge in [0.2, 0.25) is 0 Å². The average Bonchev–Trinajstić information content (AvgIpc) is 2.77. The largest absolute Gasteiger partial charge is 0.481 e. The van der Waals surface area contributed by atoms with Crippen molar-refractivity contribution in [2.45, 2.75) is 64.1 Å². The number of aliphatic hydroxyl groups is 2. The summed E-state index contributed by atoms with van der Waals surface area (Å²) in [7, 11) is 0. The van der Waals surface area contributed by atoms with E-state index in [-0.39, 0.29) is 18.3 Å². The molecule has 0 aromatic rings. The molecule has 3 unspecified atom stereocenters. The van der Waals surface area contributed by atoms with Crippen LogP contribution in [-0.4, -0.2) is 45.8 Å². The van der Waals surface area contributed by atoms with Crippen LogP contribution < -0.4 is 0 Å². The maximum Gasteiger partial charge on any atom is 0.303 e. The Labute approximate surface area is 143 Å². The number of oxime groups is 1. The first kappa shape index (κ1) is 18.9. The zero-order valence-corrected chi connectivity index (χ0v) is 14.3. The molecule has 24 heavy (non-hydrogen) atoms. The van der Waals surface area contributed by atoms with E-state index in [0.29, 0.717) is 25.4 Å². The number of fused-ring (bicyclic) bond motifs is 1. The number of carbonyl (C=O) groups is 1. The zero-order valence-electron chi connectivity index (χ0n) is 14.3. The number of nitrogens with zero attached hydrogens (tertiary/aromatic N) is 1. The third-order valence-corrected chi connectivity index (χ3v) is 5.04. The molecule has 2 aliphatic rings. The van der Waals surface area contributed by atoms with Gasteiger partial charge in [-0.2, -0.15) is 0 Å². The van der Waals surface area contributed by atoms with Crippen LogP contribution >= 0.6 is 0 Å². The van der Waals surface area contributed by atoms with E-state index in [1.165, 1.54) is 0 Å². The molecule has 0 amide bonds. The second-order valence-electron chi connectivity index (χ2n) is 6.86. The molecular weight excluding hydrogens is 310 g/mol. The van der Waals surface area contributed by atoms with Crippen molar-refractivity contribution in [3.8, 4) is 0 Å². The van der Waals surface area contributed by atoms with Gasteiger partial charge in [-0.05, 0) is 31.6 Å². The van der Waals surface area contributed by atoms with Gasteiger partial charge in [0.25, 0.3) is 0 Å². The van der Waals surface area contributed by atoms with Gasteiger partial charge < -0.3 is 20.2 Å². The van der Waals surface area contributed by atoms with Crippen LogP contribution in [0.3, 0.4) is 0 Å². The molecule has 0 heterocycles. The summed E-state index contributed by atoms with van der Waals surface area (Å²) in [6.07, 6.45) is 7.82. The number of carboxylic acids is 1. The number of aliphatic hydroxyl groups excluding tert-OH is 2. The van der Waals surface area contributed by atoms with Gasteiger partial charge in [-0.25, -0.2) is 0 Å². The van der Waals surface area contributed by atoms with Crippen LogP contribution in [0.1, 0.15) is 51.9 Å². The van der Waals surface area contributed by atoms with Gasteiger partial charge in [0.15, 0.2) is 0 Å². The van der Waals surface area contributed by atoms with Crippen LogP contribution in [0.4, 0.5) is 0 Å². The first-order valence-corrected chi connectivity index (χ1v) is 8.97. The maximum atomic E-state index is 10.4. The lowest BCUT2D eigenvalue weighted by Crippen LogP contribution is -2.36. The number of hydrogen-bond donors (Lipinski definition) is 3. The molecule has 0 bridgehead atoms. The lowest BCUT2D eigenvalue weighted by atomic mass is 9.71. The monoisotopic (exact) mass is 339 g/mol. The van der Waals surface area contributed by atoms with E-state index in [9.17, 15) is 15.0 Å². The Hall–Kier alpha value is -1.40. The van der Waals surface area contributed by atoms with Crippen LogP contribution in [0.5, 0.6) is 0 Å². The molecule has 0 spiro atoms. The standard InChI is InChI=1S/C18H29NO5/c1-2-3-5-12(20)7-8-13-14-10-16(15(14)11-17(13)21)19-24-9-4-6-18(22)23/h7-8,12-15,17,20-21H,2-6,9-11H2,1H3,(H,22,23)/t12?,13?,14-,15-,17?/m0/s1. The van der Waals surface area contributed by atoms with Crippen LogP contribution in [-0.2, 0) is 9.63 Å². The topological polar surface area (TPSA) is 99.4 Å². The first-order valence-electron chi connectivity index (χ1n) is 8.97. The average molecular weight is 339 g/mol. The Bertz CT molecular complexity index is 476. The van der Waals surface area contributed by atoms with Crippen LogP contribution in [0, 0.1) is 17.8 Å². The quantitative estimate of drug-likeness (QED) is 0.322. The molecule has 0 saturated heterocycles. The molecule has 5 atom stereocenters. The van der Waals surface area contributed by atoms with Crippen LogP contribution in [0.25, 0.3) is 0 Å². The first-order chi connectivity index (χ1) is 11.5. The molecule has 2 rings (SSSR count). The fourth-order valence-corrected chi connectivity index (χ4v) is 3.60. The van der Waals surface area contributed by atoms with Gasteiger partial charge in [0.1, 0.15) is 6.61 Å². The molecule has 3 N–H and O–H groups in total. The van der Waals surface area contributed by atoms with Crippen molar-refractivity contribution in [3.63, 3.8) is 0 Å². The summed E-state index contributed by atoms with van der Waals surface area (Å²) in [6.45, 7) is 2.41. The minimum atomic E-state index is -0.829. The zero-order chi connectivity index (χ0) is 17.5. The van der Waals surface area contributed by atoms with E-state index >= 15 is 0 Å². The number of carboxylic acid groups (broad SMARTS) is 1. The third kappa shape index (κ3) is 5.05. The highest BCUT2D eigenvalue weighted by molar-refractivity contribution is 5.93. The number of unbranched alkanes of at least 4 members (excludes halogenated alkanes) is 1. The van der Waals surface area contributed by atoms with E-state index in [1.807, 2.05) is 12.2 Å². The molecular formula is C18H29NO5. The second kappa shape index (κ2) is 9.18. The second-order valence-corrected chi connectivity index (χ2v) is 6.86. The van der Waals surface area contributed by atoms with Crippen molar-refractivity contribution >= 4 is 11.7 Å². The summed E-state index contributed by atoms with van der Waals surface area (Å²) in [5.41, 5.74) is 0.969. The summed E-state index contributed by atoms with van der Waals surface area (Å²) in [6, 6.07) is 0. The summed E-state index contributed by atoms with van der Waals surface area (Å²) >= 11 is 0. The van der Waals surface area contributed by atoms with Gasteiger partial charge in [0.05, 0.1) is 17.9 Å². The number of aliphatic carboxylic acids is 1. The highest BCUT2D eigenvalue weighted by Gasteiger charge is 2.51. The van der Waals surface area contributed by atoms with E-state index < -0.39 is 18.2 Å². The molecule has 6 heteroatoms. The summed E-state index contributed by atoms with van der Waals surface area (Å²) in [4.78, 5) is 15.6. The van der Waals surface area contributed by atoms with E-state index in [0.717, 1.165) is 31.4 Å². The van der Waals surface area contributed by atoms with Gasteiger partial charge in [-0.15, -0.1) is 0 Å². The van der Waals surface area contributed by atoms with Crippen molar-refractivity contribution < 1.29 is 25.0 Å². The lowest BCUT2D eigenvalue weighted by molar-refractivity contribution is -0.137. The summed E-state index contributed by atoms with van der Waals surface area (Å²) in [5, 5.41) is 32.8. The van der Waals surface area contributed by atoms with E-state index in [4.69, 9.17) is 9.94 Å². The predicted molar refractivity (Wildman–Crippen MR) is 90.6 cm³/mol. The lowest BCUT2D eigenvalue weighted by Gasteiger charge is -2.34. The van der Waals surface area contributed by atoms with E-state index in [1.54, 1.807) is 0 Å². The molecule has 2 aliphatic carbocycles. The molecule has 6 nitrogen and oxygen atoms in total. The van der Waals surface area contributed by atoms with Gasteiger partial charge in [-0.3, -0.25) is 4.79 Å². The highest BCUT2D eigenvalue weighted by Crippen LogP contribution is 2.49.